The van der Waals surface area contributed by atoms with Gasteiger partial charge >= 0.3 is 0 Å². The molecule has 0 aliphatic rings. The average Bonchev–Trinajstić information content (AvgIpc) is 2.31. The van der Waals surface area contributed by atoms with Crippen LogP contribution in [0.4, 0.5) is 0 Å². The molecule has 2 heteroatoms. The molecule has 2 N–H and O–H groups in total. The highest BCUT2D eigenvalue weighted by molar-refractivity contribution is 5.22. The fraction of sp³-hybridized carbons (Fsp3) is 0.385. The highest BCUT2D eigenvalue weighted by Gasteiger charge is 2.00. The van der Waals surface area contributed by atoms with Gasteiger partial charge < -0.3 is 5.11 Å². The van der Waals surface area contributed by atoms with Crippen LogP contribution < -0.4 is 5.32 Å². The van der Waals surface area contributed by atoms with Crippen LogP contribution in [0.15, 0.2) is 24.3 Å². The van der Waals surface area contributed by atoms with Crippen LogP contribution >= 0.6 is 0 Å². The zero-order chi connectivity index (χ0) is 11.1. The molecule has 1 aromatic carbocycles. The summed E-state index contributed by atoms with van der Waals surface area (Å²) >= 11 is 0. The highest BCUT2D eigenvalue weighted by atomic mass is 16.3. The quantitative estimate of drug-likeness (QED) is 0.714. The molecule has 0 radical (unpaired) electrons. The summed E-state index contributed by atoms with van der Waals surface area (Å²) in [5.41, 5.74) is 2.11. The molecule has 1 unspecified atom stereocenters. The van der Waals surface area contributed by atoms with Crippen molar-refractivity contribution < 1.29 is 5.11 Å². The van der Waals surface area contributed by atoms with Gasteiger partial charge in [-0.25, -0.2) is 0 Å². The second kappa shape index (κ2) is 6.23. The van der Waals surface area contributed by atoms with Gasteiger partial charge in [-0.3, -0.25) is 5.32 Å². The van der Waals surface area contributed by atoms with E-state index in [2.05, 4.69) is 18.2 Å². The summed E-state index contributed by atoms with van der Waals surface area (Å²) in [6.07, 6.45) is 6.28. The zero-order valence-electron chi connectivity index (χ0n) is 9.03. The second-order valence-electron chi connectivity index (χ2n) is 3.48. The molecular formula is C13H17NO. The van der Waals surface area contributed by atoms with Crippen LogP contribution in [-0.2, 0) is 13.2 Å². The number of hydrogen-bond donors (Lipinski definition) is 2. The largest absolute Gasteiger partial charge is 0.392 e. The fourth-order valence-corrected chi connectivity index (χ4v) is 1.32. The van der Waals surface area contributed by atoms with E-state index < -0.39 is 0 Å². The zero-order valence-corrected chi connectivity index (χ0v) is 9.03. The molecule has 1 atom stereocenters. The van der Waals surface area contributed by atoms with E-state index >= 15 is 0 Å². The van der Waals surface area contributed by atoms with Gasteiger partial charge in [-0.15, -0.1) is 6.42 Å². The maximum atomic E-state index is 8.88. The van der Waals surface area contributed by atoms with Crippen LogP contribution in [0.5, 0.6) is 0 Å². The third-order valence-corrected chi connectivity index (χ3v) is 2.37. The summed E-state index contributed by atoms with van der Waals surface area (Å²) in [5.74, 6) is 2.69. The minimum Gasteiger partial charge on any atom is -0.392 e. The Labute approximate surface area is 91.3 Å². The van der Waals surface area contributed by atoms with E-state index in [0.29, 0.717) is 0 Å². The molecule has 0 saturated carbocycles. The first-order chi connectivity index (χ1) is 7.30. The molecule has 0 fully saturated rings. The van der Waals surface area contributed by atoms with Crippen LogP contribution in [0.25, 0.3) is 0 Å². The van der Waals surface area contributed by atoms with Crippen molar-refractivity contribution in [2.75, 3.05) is 0 Å². The van der Waals surface area contributed by atoms with E-state index in [-0.39, 0.29) is 12.6 Å². The standard InChI is InChI=1S/C13H17NO/c1-3-13(4-2)14-9-11-5-7-12(10-15)8-6-11/h1,5-8,13-15H,4,9-10H2,2H3. The molecule has 0 spiro atoms. The maximum absolute atomic E-state index is 8.88. The Morgan fingerprint density at radius 3 is 2.40 bits per heavy atom. The Hall–Kier alpha value is -1.30. The predicted octanol–water partition coefficient (Wildman–Crippen LogP) is 1.68. The molecule has 2 nitrogen and oxygen atoms in total. The molecule has 0 amide bonds. The van der Waals surface area contributed by atoms with Crippen molar-refractivity contribution in [2.24, 2.45) is 0 Å². The molecular weight excluding hydrogens is 186 g/mol. The Balaban J connectivity index is 2.48. The number of aliphatic hydroxyl groups excluding tert-OH is 1. The first-order valence-electron chi connectivity index (χ1n) is 5.18. The van der Waals surface area contributed by atoms with Crippen molar-refractivity contribution in [3.8, 4) is 12.3 Å². The Morgan fingerprint density at radius 2 is 1.93 bits per heavy atom. The highest BCUT2D eigenvalue weighted by Crippen LogP contribution is 2.04. The summed E-state index contributed by atoms with van der Waals surface area (Å²) in [5, 5.41) is 12.2. The first kappa shape index (κ1) is 11.8. The van der Waals surface area contributed by atoms with E-state index in [1.165, 1.54) is 5.56 Å². The van der Waals surface area contributed by atoms with Gasteiger partial charge in [0.1, 0.15) is 0 Å². The molecule has 1 aromatic rings. The molecule has 1 rings (SSSR count). The third kappa shape index (κ3) is 3.75. The molecule has 80 valence electrons. The molecule has 0 heterocycles. The van der Waals surface area contributed by atoms with E-state index in [4.69, 9.17) is 11.5 Å². The van der Waals surface area contributed by atoms with Gasteiger partial charge in [0, 0.05) is 6.54 Å². The van der Waals surface area contributed by atoms with Crippen molar-refractivity contribution in [3.05, 3.63) is 35.4 Å². The van der Waals surface area contributed by atoms with Crippen LogP contribution in [0, 0.1) is 12.3 Å². The molecule has 0 aliphatic heterocycles. The minimum absolute atomic E-state index is 0.0929. The normalized spacial score (nSPS) is 12.1. The fourth-order valence-electron chi connectivity index (χ4n) is 1.32. The van der Waals surface area contributed by atoms with Gasteiger partial charge in [-0.1, -0.05) is 37.1 Å². The third-order valence-electron chi connectivity index (χ3n) is 2.37. The number of hydrogen-bond acceptors (Lipinski definition) is 2. The summed E-state index contributed by atoms with van der Waals surface area (Å²) < 4.78 is 0. The van der Waals surface area contributed by atoms with Crippen LogP contribution in [0.2, 0.25) is 0 Å². The summed E-state index contributed by atoms with van der Waals surface area (Å²) in [6.45, 7) is 2.93. The van der Waals surface area contributed by atoms with Gasteiger partial charge in [0.15, 0.2) is 0 Å². The Kier molecular flexibility index (Phi) is 4.89. The van der Waals surface area contributed by atoms with E-state index in [0.717, 1.165) is 18.5 Å². The predicted molar refractivity (Wildman–Crippen MR) is 62.1 cm³/mol. The SMILES string of the molecule is C#CC(CC)NCc1ccc(CO)cc1. The number of terminal acetylenes is 1. The summed E-state index contributed by atoms with van der Waals surface area (Å²) in [7, 11) is 0. The minimum atomic E-state index is 0.0929. The number of aliphatic hydroxyl groups is 1. The van der Waals surface area contributed by atoms with E-state index in [1.807, 2.05) is 24.3 Å². The number of rotatable bonds is 5. The molecule has 0 aromatic heterocycles. The van der Waals surface area contributed by atoms with Gasteiger partial charge in [-0.2, -0.15) is 0 Å². The lowest BCUT2D eigenvalue weighted by molar-refractivity contribution is 0.282. The molecule has 15 heavy (non-hydrogen) atoms. The Morgan fingerprint density at radius 1 is 1.33 bits per heavy atom. The van der Waals surface area contributed by atoms with E-state index in [1.54, 1.807) is 0 Å². The van der Waals surface area contributed by atoms with Crippen molar-refractivity contribution in [1.82, 2.24) is 5.32 Å². The lowest BCUT2D eigenvalue weighted by Crippen LogP contribution is -2.26. The van der Waals surface area contributed by atoms with Crippen LogP contribution in [-0.4, -0.2) is 11.1 Å². The molecule has 0 bridgehead atoms. The maximum Gasteiger partial charge on any atom is 0.0686 e. The summed E-state index contributed by atoms with van der Waals surface area (Å²) in [6, 6.07) is 7.99. The average molecular weight is 203 g/mol. The van der Waals surface area contributed by atoms with Gasteiger partial charge in [0.05, 0.1) is 12.6 Å². The second-order valence-corrected chi connectivity index (χ2v) is 3.48. The lowest BCUT2D eigenvalue weighted by Gasteiger charge is -2.10. The van der Waals surface area contributed by atoms with Crippen molar-refractivity contribution in [3.63, 3.8) is 0 Å². The first-order valence-corrected chi connectivity index (χ1v) is 5.18. The van der Waals surface area contributed by atoms with Gasteiger partial charge in [-0.05, 0) is 17.5 Å². The number of benzene rings is 1. The Bertz CT molecular complexity index is 323. The van der Waals surface area contributed by atoms with Crippen molar-refractivity contribution in [1.29, 1.82) is 0 Å². The topological polar surface area (TPSA) is 32.3 Å². The van der Waals surface area contributed by atoms with E-state index in [9.17, 15) is 0 Å². The molecule has 0 aliphatic carbocycles. The smallest absolute Gasteiger partial charge is 0.0686 e. The van der Waals surface area contributed by atoms with Crippen molar-refractivity contribution >= 4 is 0 Å². The summed E-state index contributed by atoms with van der Waals surface area (Å²) in [4.78, 5) is 0. The lowest BCUT2D eigenvalue weighted by atomic mass is 10.1. The molecule has 0 saturated heterocycles. The van der Waals surface area contributed by atoms with Gasteiger partial charge in [0.2, 0.25) is 0 Å². The van der Waals surface area contributed by atoms with Crippen LogP contribution in [0.1, 0.15) is 24.5 Å². The van der Waals surface area contributed by atoms with Gasteiger partial charge in [0.25, 0.3) is 0 Å². The van der Waals surface area contributed by atoms with Crippen molar-refractivity contribution in [2.45, 2.75) is 32.5 Å². The number of nitrogens with one attached hydrogen (secondary N) is 1. The van der Waals surface area contributed by atoms with Crippen LogP contribution in [0.3, 0.4) is 0 Å². The monoisotopic (exact) mass is 203 g/mol.